The molecule has 0 atom stereocenters. The van der Waals surface area contributed by atoms with E-state index in [4.69, 9.17) is 0 Å². The quantitative estimate of drug-likeness (QED) is 0.426. The minimum atomic E-state index is 1.06. The van der Waals surface area contributed by atoms with Crippen molar-refractivity contribution in [2.24, 2.45) is 0 Å². The van der Waals surface area contributed by atoms with Crippen LogP contribution in [-0.2, 0) is 12.8 Å². The molecule has 0 nitrogen and oxygen atoms in total. The fourth-order valence-electron chi connectivity index (χ4n) is 4.27. The van der Waals surface area contributed by atoms with Gasteiger partial charge < -0.3 is 0 Å². The topological polar surface area (TPSA) is 0 Å². The van der Waals surface area contributed by atoms with Crippen molar-refractivity contribution in [1.82, 2.24) is 0 Å². The summed E-state index contributed by atoms with van der Waals surface area (Å²) < 4.78 is 0. The second-order valence-corrected chi connectivity index (χ2v) is 7.52. The number of hydrogen-bond donors (Lipinski definition) is 0. The first-order valence-corrected chi connectivity index (χ1v) is 10.3. The van der Waals surface area contributed by atoms with Crippen molar-refractivity contribution in [3.63, 3.8) is 0 Å². The van der Waals surface area contributed by atoms with Gasteiger partial charge in [0, 0.05) is 0 Å². The van der Waals surface area contributed by atoms with Gasteiger partial charge in [-0.1, -0.05) is 98.6 Å². The highest BCUT2D eigenvalue weighted by Crippen LogP contribution is 2.41. The van der Waals surface area contributed by atoms with Gasteiger partial charge in [0.2, 0.25) is 0 Å². The van der Waals surface area contributed by atoms with Gasteiger partial charge in [-0.15, -0.1) is 0 Å². The summed E-state index contributed by atoms with van der Waals surface area (Å²) in [4.78, 5) is 0. The van der Waals surface area contributed by atoms with Crippen molar-refractivity contribution < 1.29 is 0 Å². The van der Waals surface area contributed by atoms with Gasteiger partial charge in [0.1, 0.15) is 0 Å². The molecule has 0 spiro atoms. The molecule has 0 fully saturated rings. The van der Waals surface area contributed by atoms with Gasteiger partial charge in [0.05, 0.1) is 0 Å². The van der Waals surface area contributed by atoms with Gasteiger partial charge in [-0.25, -0.2) is 0 Å². The molecule has 1 aliphatic rings. The van der Waals surface area contributed by atoms with Gasteiger partial charge >= 0.3 is 0 Å². The van der Waals surface area contributed by atoms with E-state index in [0.717, 1.165) is 12.8 Å². The van der Waals surface area contributed by atoms with E-state index in [1.54, 1.807) is 5.57 Å². The predicted molar refractivity (Wildman–Crippen MR) is 118 cm³/mol. The number of rotatable bonds is 6. The molecule has 0 aliphatic heterocycles. The molecule has 4 rings (SSSR count). The normalized spacial score (nSPS) is 12.7. The molecule has 0 aromatic heterocycles. The van der Waals surface area contributed by atoms with Crippen LogP contribution in [0.4, 0.5) is 0 Å². The first-order chi connectivity index (χ1) is 13.3. The first-order valence-electron chi connectivity index (χ1n) is 10.3. The summed E-state index contributed by atoms with van der Waals surface area (Å²) in [5.41, 5.74) is 11.4. The highest BCUT2D eigenvalue weighted by Gasteiger charge is 2.20. The zero-order chi connectivity index (χ0) is 18.6. The lowest BCUT2D eigenvalue weighted by molar-refractivity contribution is 0.779. The molecule has 3 aromatic rings. The zero-order valence-corrected chi connectivity index (χ0v) is 16.5. The molecule has 0 amide bonds. The standard InChI is InChI=1S/C27H28/c1-3-5-11-20-18-23-17-16-21(4-2)27(26(23)19-20)25-15-10-9-14-24(25)22-12-7-6-8-13-22/h6-10,12-17,19H,3-5,11,18H2,1-2H3. The lowest BCUT2D eigenvalue weighted by atomic mass is 9.87. The molecule has 0 radical (unpaired) electrons. The van der Waals surface area contributed by atoms with Crippen LogP contribution in [-0.4, -0.2) is 0 Å². The number of unbranched alkanes of at least 4 members (excludes halogenated alkanes) is 1. The van der Waals surface area contributed by atoms with Crippen LogP contribution in [0.25, 0.3) is 28.3 Å². The van der Waals surface area contributed by atoms with E-state index in [1.165, 1.54) is 58.2 Å². The monoisotopic (exact) mass is 352 g/mol. The summed E-state index contributed by atoms with van der Waals surface area (Å²) in [5.74, 6) is 0. The SMILES string of the molecule is CCCCC1=Cc2c(ccc(CC)c2-c2ccccc2-c2ccccc2)C1. The molecule has 0 bridgehead atoms. The lowest BCUT2D eigenvalue weighted by Gasteiger charge is -2.17. The average molecular weight is 353 g/mol. The Labute approximate surface area is 163 Å². The summed E-state index contributed by atoms with van der Waals surface area (Å²) in [5, 5.41) is 0. The van der Waals surface area contributed by atoms with Crippen molar-refractivity contribution in [2.75, 3.05) is 0 Å². The van der Waals surface area contributed by atoms with Gasteiger partial charge in [0.25, 0.3) is 0 Å². The minimum absolute atomic E-state index is 1.06. The molecule has 0 heteroatoms. The first kappa shape index (κ1) is 17.8. The second-order valence-electron chi connectivity index (χ2n) is 7.52. The van der Waals surface area contributed by atoms with E-state index < -0.39 is 0 Å². The molecule has 3 aromatic carbocycles. The fourth-order valence-corrected chi connectivity index (χ4v) is 4.27. The Morgan fingerprint density at radius 2 is 1.52 bits per heavy atom. The predicted octanol–water partition coefficient (Wildman–Crippen LogP) is 7.71. The number of benzene rings is 3. The molecular formula is C27H28. The Morgan fingerprint density at radius 3 is 2.26 bits per heavy atom. The van der Waals surface area contributed by atoms with Crippen LogP contribution >= 0.6 is 0 Å². The van der Waals surface area contributed by atoms with E-state index in [2.05, 4.69) is 86.7 Å². The van der Waals surface area contributed by atoms with E-state index in [-0.39, 0.29) is 0 Å². The van der Waals surface area contributed by atoms with Crippen LogP contribution < -0.4 is 0 Å². The molecule has 0 N–H and O–H groups in total. The molecular weight excluding hydrogens is 324 g/mol. The molecule has 136 valence electrons. The van der Waals surface area contributed by atoms with Gasteiger partial charge in [-0.3, -0.25) is 0 Å². The maximum atomic E-state index is 2.49. The third-order valence-corrected chi connectivity index (χ3v) is 5.70. The van der Waals surface area contributed by atoms with Crippen LogP contribution in [0.5, 0.6) is 0 Å². The van der Waals surface area contributed by atoms with Crippen LogP contribution in [0.2, 0.25) is 0 Å². The number of allylic oxidation sites excluding steroid dienone is 1. The number of fused-ring (bicyclic) bond motifs is 1. The van der Waals surface area contributed by atoms with Crippen LogP contribution in [0.3, 0.4) is 0 Å². The summed E-state index contributed by atoms with van der Waals surface area (Å²) in [6.45, 7) is 4.55. The number of hydrogen-bond acceptors (Lipinski definition) is 0. The summed E-state index contributed by atoms with van der Waals surface area (Å²) >= 11 is 0. The van der Waals surface area contributed by atoms with Crippen LogP contribution in [0, 0.1) is 0 Å². The van der Waals surface area contributed by atoms with Crippen molar-refractivity contribution in [3.05, 3.63) is 89.0 Å². The van der Waals surface area contributed by atoms with Gasteiger partial charge in [0.15, 0.2) is 0 Å². The highest BCUT2D eigenvalue weighted by molar-refractivity contribution is 5.91. The van der Waals surface area contributed by atoms with E-state index >= 15 is 0 Å². The summed E-state index contributed by atoms with van der Waals surface area (Å²) in [6.07, 6.45) is 8.45. The lowest BCUT2D eigenvalue weighted by Crippen LogP contribution is -1.96. The van der Waals surface area contributed by atoms with Gasteiger partial charge in [-0.2, -0.15) is 0 Å². The molecule has 0 saturated heterocycles. The van der Waals surface area contributed by atoms with Gasteiger partial charge in [-0.05, 0) is 64.6 Å². The van der Waals surface area contributed by atoms with Crippen molar-refractivity contribution in [1.29, 1.82) is 0 Å². The largest absolute Gasteiger partial charge is 0.0654 e. The Bertz CT molecular complexity index is 961. The highest BCUT2D eigenvalue weighted by atomic mass is 14.2. The Balaban J connectivity index is 1.89. The molecule has 1 aliphatic carbocycles. The van der Waals surface area contributed by atoms with E-state index in [9.17, 15) is 0 Å². The smallest absolute Gasteiger partial charge is 0.00576 e. The molecule has 27 heavy (non-hydrogen) atoms. The van der Waals surface area contributed by atoms with Crippen LogP contribution in [0.1, 0.15) is 49.8 Å². The molecule has 0 heterocycles. The van der Waals surface area contributed by atoms with Crippen molar-refractivity contribution >= 4 is 6.08 Å². The average Bonchev–Trinajstić information content (AvgIpc) is 3.15. The number of aryl methyl sites for hydroxylation is 1. The summed E-state index contributed by atoms with van der Waals surface area (Å²) in [6, 6.07) is 24.4. The minimum Gasteiger partial charge on any atom is -0.0654 e. The second kappa shape index (κ2) is 7.96. The fraction of sp³-hybridized carbons (Fsp3) is 0.259. The van der Waals surface area contributed by atoms with Crippen LogP contribution in [0.15, 0.2) is 72.3 Å². The zero-order valence-electron chi connectivity index (χ0n) is 16.5. The Morgan fingerprint density at radius 1 is 0.778 bits per heavy atom. The van der Waals surface area contributed by atoms with Crippen molar-refractivity contribution in [2.45, 2.75) is 46.0 Å². The van der Waals surface area contributed by atoms with Crippen molar-refractivity contribution in [3.8, 4) is 22.3 Å². The third kappa shape index (κ3) is 3.49. The Kier molecular flexibility index (Phi) is 5.25. The summed E-state index contributed by atoms with van der Waals surface area (Å²) in [7, 11) is 0. The third-order valence-electron chi connectivity index (χ3n) is 5.70. The van der Waals surface area contributed by atoms with E-state index in [0.29, 0.717) is 0 Å². The Hall–Kier alpha value is -2.60. The van der Waals surface area contributed by atoms with E-state index in [1.807, 2.05) is 0 Å². The maximum Gasteiger partial charge on any atom is -0.00576 e. The maximum absolute atomic E-state index is 2.49. The molecule has 0 saturated carbocycles. The molecule has 0 unspecified atom stereocenters.